The molecule has 0 spiro atoms. The van der Waals surface area contributed by atoms with E-state index < -0.39 is 28.6 Å². The van der Waals surface area contributed by atoms with Crippen LogP contribution in [0.25, 0.3) is 0 Å². The molecule has 1 N–H and O–H groups in total. The molecule has 3 aliphatic rings. The average Bonchev–Trinajstić information content (AvgIpc) is 3.13. The van der Waals surface area contributed by atoms with Crippen molar-refractivity contribution < 1.29 is 9.47 Å². The maximum Gasteiger partial charge on any atom is 0.217 e. The zero-order valence-electron chi connectivity index (χ0n) is 14.6. The highest BCUT2D eigenvalue weighted by molar-refractivity contribution is 7.12. The lowest BCUT2D eigenvalue weighted by molar-refractivity contribution is -0.297. The molecule has 2 aliphatic heterocycles. The standard InChI is InChI=1S/C19H18N4O2S/c1-11-5-6-19-14(7-11)18(10-22,16(23)25-19)17(8-20,9-21)15(24-19)13-4-3-12(2)26-13/h3-4,11,14-15,23H,5-7H2,1-2H3. The Kier molecular flexibility index (Phi) is 3.47. The summed E-state index contributed by atoms with van der Waals surface area (Å²) in [4.78, 5) is 1.75. The quantitative estimate of drug-likeness (QED) is 0.811. The molecule has 4 rings (SSSR count). The highest BCUT2D eigenvalue weighted by Gasteiger charge is 2.80. The molecule has 132 valence electrons. The van der Waals surface area contributed by atoms with Gasteiger partial charge in [-0.1, -0.05) is 6.92 Å². The van der Waals surface area contributed by atoms with Crippen LogP contribution >= 0.6 is 11.3 Å². The van der Waals surface area contributed by atoms with Gasteiger partial charge in [0.05, 0.1) is 24.1 Å². The Morgan fingerprint density at radius 2 is 1.96 bits per heavy atom. The second-order valence-corrected chi connectivity index (χ2v) is 8.89. The topological polar surface area (TPSA) is 114 Å². The minimum Gasteiger partial charge on any atom is -0.447 e. The second kappa shape index (κ2) is 5.30. The summed E-state index contributed by atoms with van der Waals surface area (Å²) in [5, 5.41) is 38.9. The summed E-state index contributed by atoms with van der Waals surface area (Å²) in [6.45, 7) is 4.02. The molecule has 7 heteroatoms. The fraction of sp³-hybridized carbons (Fsp3) is 0.579. The first-order valence-corrected chi connectivity index (χ1v) is 9.46. The van der Waals surface area contributed by atoms with Gasteiger partial charge in [0.1, 0.15) is 6.10 Å². The number of rotatable bonds is 1. The molecular weight excluding hydrogens is 348 g/mol. The second-order valence-electron chi connectivity index (χ2n) is 7.57. The highest BCUT2D eigenvalue weighted by Crippen LogP contribution is 2.70. The molecule has 2 bridgehead atoms. The smallest absolute Gasteiger partial charge is 0.217 e. The largest absolute Gasteiger partial charge is 0.447 e. The Morgan fingerprint density at radius 1 is 1.23 bits per heavy atom. The van der Waals surface area contributed by atoms with Crippen molar-refractivity contribution in [1.82, 2.24) is 0 Å². The first-order chi connectivity index (χ1) is 12.4. The van der Waals surface area contributed by atoms with Crippen LogP contribution in [0.5, 0.6) is 0 Å². The summed E-state index contributed by atoms with van der Waals surface area (Å²) in [7, 11) is 0. The molecule has 5 unspecified atom stereocenters. The molecule has 1 aromatic rings. The van der Waals surface area contributed by atoms with Crippen LogP contribution < -0.4 is 0 Å². The van der Waals surface area contributed by atoms with Gasteiger partial charge in [-0.2, -0.15) is 15.8 Å². The molecule has 2 saturated heterocycles. The van der Waals surface area contributed by atoms with E-state index in [1.165, 1.54) is 11.3 Å². The van der Waals surface area contributed by atoms with Crippen LogP contribution in [0, 0.1) is 69.0 Å². The normalized spacial score (nSPS) is 39.8. The maximum absolute atomic E-state index is 10.2. The molecule has 6 nitrogen and oxygen atoms in total. The predicted octanol–water partition coefficient (Wildman–Crippen LogP) is 3.81. The van der Waals surface area contributed by atoms with Crippen molar-refractivity contribution in [3.05, 3.63) is 21.9 Å². The Hall–Kier alpha value is -2.40. The van der Waals surface area contributed by atoms with Crippen molar-refractivity contribution in [2.45, 2.75) is 45.0 Å². The number of nitrogens with zero attached hydrogens (tertiary/aromatic N) is 3. The minimum absolute atomic E-state index is 0.294. The van der Waals surface area contributed by atoms with Crippen LogP contribution in [-0.4, -0.2) is 11.7 Å². The van der Waals surface area contributed by atoms with Gasteiger partial charge in [-0.25, -0.2) is 0 Å². The molecule has 1 aliphatic carbocycles. The van der Waals surface area contributed by atoms with Crippen LogP contribution in [0.15, 0.2) is 12.1 Å². The van der Waals surface area contributed by atoms with E-state index in [-0.39, 0.29) is 5.90 Å². The number of hydrogen-bond acceptors (Lipinski definition) is 7. The molecule has 1 saturated carbocycles. The molecule has 0 radical (unpaired) electrons. The summed E-state index contributed by atoms with van der Waals surface area (Å²) >= 11 is 1.44. The van der Waals surface area contributed by atoms with Gasteiger partial charge >= 0.3 is 0 Å². The predicted molar refractivity (Wildman–Crippen MR) is 92.6 cm³/mol. The molecule has 5 atom stereocenters. The Balaban J connectivity index is 2.00. The number of ether oxygens (including phenoxy) is 2. The minimum atomic E-state index is -1.82. The zero-order valence-corrected chi connectivity index (χ0v) is 15.4. The SMILES string of the molecule is Cc1ccc(C2OC34CCC(C)CC3C(C#N)(C(=N)O4)C2(C#N)C#N)s1. The van der Waals surface area contributed by atoms with E-state index in [2.05, 4.69) is 25.1 Å². The van der Waals surface area contributed by atoms with E-state index in [1.807, 2.05) is 19.1 Å². The molecular formula is C19H18N4O2S. The maximum atomic E-state index is 10.2. The van der Waals surface area contributed by atoms with Crippen LogP contribution in [-0.2, 0) is 9.47 Å². The highest BCUT2D eigenvalue weighted by atomic mass is 32.1. The number of aryl methyl sites for hydroxylation is 1. The van der Waals surface area contributed by atoms with Gasteiger partial charge in [0.2, 0.25) is 17.1 Å². The van der Waals surface area contributed by atoms with Crippen molar-refractivity contribution in [2.75, 3.05) is 0 Å². The van der Waals surface area contributed by atoms with E-state index in [4.69, 9.17) is 14.9 Å². The third-order valence-electron chi connectivity index (χ3n) is 6.19. The summed E-state index contributed by atoms with van der Waals surface area (Å²) < 4.78 is 12.2. The van der Waals surface area contributed by atoms with Crippen molar-refractivity contribution >= 4 is 17.2 Å². The van der Waals surface area contributed by atoms with Crippen LogP contribution in [0.3, 0.4) is 0 Å². The van der Waals surface area contributed by atoms with E-state index in [1.54, 1.807) is 0 Å². The fourth-order valence-electron chi connectivity index (χ4n) is 4.88. The Morgan fingerprint density at radius 3 is 2.54 bits per heavy atom. The number of hydrogen-bond donors (Lipinski definition) is 1. The lowest BCUT2D eigenvalue weighted by Gasteiger charge is -2.52. The molecule has 26 heavy (non-hydrogen) atoms. The van der Waals surface area contributed by atoms with E-state index in [0.717, 1.165) is 16.2 Å². The number of nitriles is 3. The summed E-state index contributed by atoms with van der Waals surface area (Å²) in [6, 6.07) is 10.1. The van der Waals surface area contributed by atoms with Gasteiger partial charge in [0.15, 0.2) is 5.41 Å². The molecule has 3 fully saturated rings. The summed E-state index contributed by atoms with van der Waals surface area (Å²) in [5.74, 6) is -1.57. The van der Waals surface area contributed by atoms with Crippen molar-refractivity contribution in [1.29, 1.82) is 21.2 Å². The van der Waals surface area contributed by atoms with E-state index >= 15 is 0 Å². The molecule has 0 amide bonds. The molecule has 0 aromatic carbocycles. The summed E-state index contributed by atoms with van der Waals surface area (Å²) in [5.41, 5.74) is -3.44. The van der Waals surface area contributed by atoms with Gasteiger partial charge in [-0.15, -0.1) is 11.3 Å². The van der Waals surface area contributed by atoms with Gasteiger partial charge in [-0.05, 0) is 37.8 Å². The van der Waals surface area contributed by atoms with Gasteiger partial charge in [0.25, 0.3) is 0 Å². The van der Waals surface area contributed by atoms with Crippen molar-refractivity contribution in [3.63, 3.8) is 0 Å². The fourth-order valence-corrected chi connectivity index (χ4v) is 5.85. The van der Waals surface area contributed by atoms with Crippen LogP contribution in [0.2, 0.25) is 0 Å². The zero-order chi connectivity index (χ0) is 18.7. The van der Waals surface area contributed by atoms with Gasteiger partial charge in [0, 0.05) is 16.2 Å². The van der Waals surface area contributed by atoms with Crippen molar-refractivity contribution in [2.24, 2.45) is 22.7 Å². The monoisotopic (exact) mass is 366 g/mol. The van der Waals surface area contributed by atoms with Crippen molar-refractivity contribution in [3.8, 4) is 18.2 Å². The third kappa shape index (κ3) is 1.74. The van der Waals surface area contributed by atoms with Crippen LogP contribution in [0.1, 0.15) is 42.0 Å². The molecule has 3 heterocycles. The first-order valence-electron chi connectivity index (χ1n) is 8.65. The van der Waals surface area contributed by atoms with E-state index in [0.29, 0.717) is 18.8 Å². The third-order valence-corrected chi connectivity index (χ3v) is 7.24. The lowest BCUT2D eigenvalue weighted by atomic mass is 9.51. The van der Waals surface area contributed by atoms with Gasteiger partial charge < -0.3 is 9.47 Å². The lowest BCUT2D eigenvalue weighted by Crippen LogP contribution is -2.60. The van der Waals surface area contributed by atoms with Crippen LogP contribution in [0.4, 0.5) is 0 Å². The Labute approximate surface area is 156 Å². The van der Waals surface area contributed by atoms with E-state index in [9.17, 15) is 15.8 Å². The number of nitrogens with one attached hydrogen (secondary N) is 1. The van der Waals surface area contributed by atoms with Gasteiger partial charge in [-0.3, -0.25) is 5.41 Å². The Bertz CT molecular complexity index is 905. The summed E-state index contributed by atoms with van der Waals surface area (Å²) in [6.07, 6.45) is 1.09. The average molecular weight is 366 g/mol. The molecule has 1 aromatic heterocycles. The number of thiophene rings is 1. The first kappa shape index (κ1) is 17.0.